The minimum Gasteiger partial charge on any atom is -0.192 e. The second-order valence-electron chi connectivity index (χ2n) is 6.55. The first-order chi connectivity index (χ1) is 11.4. The van der Waals surface area contributed by atoms with Crippen LogP contribution in [0.3, 0.4) is 0 Å². The highest BCUT2D eigenvalue weighted by atomic mass is 14.3. The smallest absolute Gasteiger partial charge is 0.101 e. The van der Waals surface area contributed by atoms with E-state index in [2.05, 4.69) is 23.8 Å². The molecule has 0 heterocycles. The van der Waals surface area contributed by atoms with Crippen molar-refractivity contribution in [2.45, 2.75) is 70.6 Å². The third kappa shape index (κ3) is 3.14. The van der Waals surface area contributed by atoms with Gasteiger partial charge in [0, 0.05) is 18.4 Å². The fourth-order valence-electron chi connectivity index (χ4n) is 4.02. The van der Waals surface area contributed by atoms with E-state index in [1.165, 1.54) is 54.4 Å². The third-order valence-corrected chi connectivity index (χ3v) is 5.10. The summed E-state index contributed by atoms with van der Waals surface area (Å²) in [7, 11) is 0. The average Bonchev–Trinajstić information content (AvgIpc) is 2.61. The molecular formula is C22H23N. The summed E-state index contributed by atoms with van der Waals surface area (Å²) >= 11 is 0. The number of benzene rings is 1. The summed E-state index contributed by atoms with van der Waals surface area (Å²) in [4.78, 5) is 0. The van der Waals surface area contributed by atoms with Crippen molar-refractivity contribution in [2.24, 2.45) is 0 Å². The third-order valence-electron chi connectivity index (χ3n) is 5.10. The van der Waals surface area contributed by atoms with Gasteiger partial charge in [0.2, 0.25) is 0 Å². The quantitative estimate of drug-likeness (QED) is 0.584. The molecule has 0 N–H and O–H groups in total. The van der Waals surface area contributed by atoms with Crippen LogP contribution < -0.4 is 0 Å². The van der Waals surface area contributed by atoms with E-state index in [0.717, 1.165) is 49.7 Å². The van der Waals surface area contributed by atoms with Gasteiger partial charge in [-0.2, -0.15) is 5.26 Å². The van der Waals surface area contributed by atoms with Crippen LogP contribution in [-0.4, -0.2) is 0 Å². The molecule has 0 aromatic heterocycles. The molecule has 3 rings (SSSR count). The van der Waals surface area contributed by atoms with Crippen LogP contribution in [0, 0.1) is 35.5 Å². The zero-order chi connectivity index (χ0) is 16.1. The zero-order valence-electron chi connectivity index (χ0n) is 13.8. The summed E-state index contributed by atoms with van der Waals surface area (Å²) < 4.78 is 0. The largest absolute Gasteiger partial charge is 0.192 e. The topological polar surface area (TPSA) is 23.8 Å². The Kier molecular flexibility index (Phi) is 5.05. The van der Waals surface area contributed by atoms with E-state index in [1.807, 2.05) is 0 Å². The summed E-state index contributed by atoms with van der Waals surface area (Å²) in [6, 6.07) is 2.49. The number of rotatable bonds is 2. The normalized spacial score (nSPS) is 15.4. The van der Waals surface area contributed by atoms with Gasteiger partial charge in [-0.05, 0) is 80.0 Å². The van der Waals surface area contributed by atoms with Gasteiger partial charge in [0.25, 0.3) is 0 Å². The lowest BCUT2D eigenvalue weighted by Gasteiger charge is -2.28. The highest BCUT2D eigenvalue weighted by Crippen LogP contribution is 2.36. The Morgan fingerprint density at radius 3 is 1.91 bits per heavy atom. The maximum atomic E-state index is 9.77. The first-order valence-corrected chi connectivity index (χ1v) is 8.88. The van der Waals surface area contributed by atoms with Crippen molar-refractivity contribution < 1.29 is 0 Å². The molecule has 0 fully saturated rings. The van der Waals surface area contributed by atoms with Crippen LogP contribution in [0.25, 0.3) is 0 Å². The van der Waals surface area contributed by atoms with Gasteiger partial charge < -0.3 is 0 Å². The van der Waals surface area contributed by atoms with E-state index in [-0.39, 0.29) is 0 Å². The van der Waals surface area contributed by atoms with Crippen LogP contribution in [0.2, 0.25) is 0 Å². The van der Waals surface area contributed by atoms with E-state index in [4.69, 9.17) is 6.42 Å². The number of hydrogen-bond donors (Lipinski definition) is 0. The predicted octanol–water partition coefficient (Wildman–Crippen LogP) is 4.47. The molecular weight excluding hydrogens is 278 g/mol. The fraction of sp³-hybridized carbons (Fsp3) is 0.500. The number of nitrogens with zero attached hydrogens (tertiary/aromatic N) is 1. The number of fused-ring (bicyclic) bond motifs is 3. The highest BCUT2D eigenvalue weighted by Gasteiger charge is 2.25. The molecule has 0 aliphatic heterocycles. The van der Waals surface area contributed by atoms with Crippen LogP contribution in [0.4, 0.5) is 0 Å². The van der Waals surface area contributed by atoms with Crippen molar-refractivity contribution >= 4 is 0 Å². The summed E-state index contributed by atoms with van der Waals surface area (Å²) in [6.45, 7) is 0. The molecule has 2 aliphatic rings. The summed E-state index contributed by atoms with van der Waals surface area (Å²) in [5.41, 5.74) is 7.66. The molecule has 2 aliphatic carbocycles. The average molecular weight is 301 g/mol. The van der Waals surface area contributed by atoms with Crippen LogP contribution in [0.15, 0.2) is 0 Å². The minimum absolute atomic E-state index is 0.780. The number of hydrogen-bond acceptors (Lipinski definition) is 1. The Bertz CT molecular complexity index is 744. The molecule has 0 radical (unpaired) electrons. The Balaban J connectivity index is 2.07. The first-order valence-electron chi connectivity index (χ1n) is 8.88. The molecule has 1 aromatic rings. The van der Waals surface area contributed by atoms with Crippen molar-refractivity contribution in [3.63, 3.8) is 0 Å². The first kappa shape index (κ1) is 15.7. The monoisotopic (exact) mass is 301 g/mol. The Morgan fingerprint density at radius 1 is 0.783 bits per heavy atom. The molecule has 1 heteroatoms. The molecule has 116 valence electrons. The Labute approximate surface area is 140 Å². The lowest BCUT2D eigenvalue weighted by molar-refractivity contribution is 0.638. The fourth-order valence-corrected chi connectivity index (χ4v) is 4.02. The second kappa shape index (κ2) is 7.40. The predicted molar refractivity (Wildman–Crippen MR) is 94.0 cm³/mol. The highest BCUT2D eigenvalue weighted by molar-refractivity contribution is 5.63. The lowest BCUT2D eigenvalue weighted by Crippen LogP contribution is -2.17. The van der Waals surface area contributed by atoms with Gasteiger partial charge in [0.05, 0.1) is 5.56 Å². The number of terminal acetylenes is 1. The van der Waals surface area contributed by atoms with E-state index < -0.39 is 0 Å². The number of nitriles is 1. The lowest BCUT2D eigenvalue weighted by atomic mass is 9.76. The van der Waals surface area contributed by atoms with E-state index >= 15 is 0 Å². The van der Waals surface area contributed by atoms with Gasteiger partial charge >= 0.3 is 0 Å². The summed E-state index contributed by atoms with van der Waals surface area (Å²) in [5, 5.41) is 9.77. The van der Waals surface area contributed by atoms with Gasteiger partial charge in [-0.1, -0.05) is 11.8 Å². The van der Waals surface area contributed by atoms with Gasteiger partial charge in [-0.3, -0.25) is 0 Å². The molecule has 23 heavy (non-hydrogen) atoms. The zero-order valence-corrected chi connectivity index (χ0v) is 13.8. The van der Waals surface area contributed by atoms with Gasteiger partial charge in [-0.15, -0.1) is 12.3 Å². The Morgan fingerprint density at radius 2 is 1.35 bits per heavy atom. The van der Waals surface area contributed by atoms with Gasteiger partial charge in [0.15, 0.2) is 0 Å². The van der Waals surface area contributed by atoms with Crippen molar-refractivity contribution in [3.8, 4) is 30.3 Å². The summed E-state index contributed by atoms with van der Waals surface area (Å²) in [5.74, 6) is 9.29. The van der Waals surface area contributed by atoms with E-state index in [1.54, 1.807) is 0 Å². The molecule has 0 unspecified atom stereocenters. The van der Waals surface area contributed by atoms with E-state index in [9.17, 15) is 5.26 Å². The van der Waals surface area contributed by atoms with Crippen LogP contribution in [-0.2, 0) is 25.7 Å². The van der Waals surface area contributed by atoms with Crippen LogP contribution >= 0.6 is 0 Å². The molecule has 0 saturated heterocycles. The van der Waals surface area contributed by atoms with E-state index in [0.29, 0.717) is 0 Å². The number of unbranched alkanes of at least 4 members (excludes halogenated alkanes) is 2. The van der Waals surface area contributed by atoms with Crippen molar-refractivity contribution in [1.29, 1.82) is 5.26 Å². The van der Waals surface area contributed by atoms with Crippen molar-refractivity contribution in [2.75, 3.05) is 0 Å². The standard InChI is InChI=1S/C22H23N/c1-2-3-4-5-6-11-20-18-13-8-7-12-17(18)19-14-9-10-15-21(19)22(20)16-23/h1H,3-5,7-10,12-15H2. The molecule has 0 atom stereocenters. The maximum absolute atomic E-state index is 9.77. The van der Waals surface area contributed by atoms with Gasteiger partial charge in [0.1, 0.15) is 6.07 Å². The molecule has 0 saturated carbocycles. The van der Waals surface area contributed by atoms with Crippen LogP contribution in [0.1, 0.15) is 78.3 Å². The molecule has 1 aromatic carbocycles. The van der Waals surface area contributed by atoms with Crippen LogP contribution in [0.5, 0.6) is 0 Å². The van der Waals surface area contributed by atoms with Crippen molar-refractivity contribution in [1.82, 2.24) is 0 Å². The summed E-state index contributed by atoms with van der Waals surface area (Å²) in [6.07, 6.45) is 17.3. The minimum atomic E-state index is 0.780. The maximum Gasteiger partial charge on any atom is 0.101 e. The second-order valence-corrected chi connectivity index (χ2v) is 6.55. The SMILES string of the molecule is C#CCCCC#Cc1c(C#N)c2c(c3c1CCCC3)CCCC2. The molecule has 0 spiro atoms. The molecule has 0 amide bonds. The molecule has 1 nitrogen and oxygen atoms in total. The van der Waals surface area contributed by atoms with Gasteiger partial charge in [-0.25, -0.2) is 0 Å². The molecule has 0 bridgehead atoms. The van der Waals surface area contributed by atoms with Crippen molar-refractivity contribution in [3.05, 3.63) is 33.4 Å². The Hall–Kier alpha value is -2.17.